The summed E-state index contributed by atoms with van der Waals surface area (Å²) in [5.74, 6) is 0.465. The molecule has 1 aromatic carbocycles. The van der Waals surface area contributed by atoms with E-state index in [1.807, 2.05) is 0 Å². The van der Waals surface area contributed by atoms with Gasteiger partial charge >= 0.3 is 0 Å². The third-order valence-electron chi connectivity index (χ3n) is 4.66. The number of aromatic nitrogens is 4. The van der Waals surface area contributed by atoms with Crippen LogP contribution in [0.2, 0.25) is 5.02 Å². The Labute approximate surface area is 164 Å². The first-order valence-electron chi connectivity index (χ1n) is 8.58. The van der Waals surface area contributed by atoms with Crippen LogP contribution in [0.3, 0.4) is 0 Å². The third-order valence-corrected chi connectivity index (χ3v) is 4.98. The van der Waals surface area contributed by atoms with E-state index in [1.54, 1.807) is 54.1 Å². The molecule has 0 saturated heterocycles. The smallest absolute Gasteiger partial charge is 0.280 e. The Bertz CT molecular complexity index is 1300. The van der Waals surface area contributed by atoms with E-state index in [-0.39, 0.29) is 11.1 Å². The van der Waals surface area contributed by atoms with E-state index in [4.69, 9.17) is 16.3 Å². The average molecular weight is 397 g/mol. The molecule has 7 nitrogen and oxygen atoms in total. The van der Waals surface area contributed by atoms with Crippen molar-refractivity contribution in [3.8, 4) is 11.6 Å². The van der Waals surface area contributed by atoms with Crippen LogP contribution in [0.4, 0.5) is 0 Å². The number of rotatable bonds is 4. The summed E-state index contributed by atoms with van der Waals surface area (Å²) in [6, 6.07) is 12.0. The molecule has 4 rings (SSSR count). The van der Waals surface area contributed by atoms with Crippen LogP contribution in [0.25, 0.3) is 16.6 Å². The first-order valence-corrected chi connectivity index (χ1v) is 8.96. The number of H-pyrrole nitrogens is 1. The van der Waals surface area contributed by atoms with Crippen LogP contribution in [0, 0.1) is 6.92 Å². The van der Waals surface area contributed by atoms with Gasteiger partial charge in [-0.1, -0.05) is 23.7 Å². The lowest BCUT2D eigenvalue weighted by atomic mass is 10.2. The van der Waals surface area contributed by atoms with E-state index >= 15 is 0 Å². The van der Waals surface area contributed by atoms with Crippen LogP contribution in [0.5, 0.6) is 5.88 Å². The molecule has 0 aliphatic rings. The van der Waals surface area contributed by atoms with Crippen molar-refractivity contribution in [2.24, 2.45) is 0 Å². The topological polar surface area (TPSA) is 81.9 Å². The first-order chi connectivity index (χ1) is 13.5. The molecule has 0 saturated carbocycles. The molecule has 0 fully saturated rings. The highest BCUT2D eigenvalue weighted by Crippen LogP contribution is 2.20. The van der Waals surface area contributed by atoms with Crippen LogP contribution >= 0.6 is 11.6 Å². The lowest BCUT2D eigenvalue weighted by Crippen LogP contribution is -2.24. The minimum absolute atomic E-state index is 0.215. The standard InChI is InChI=1S/C20H17ClN4O3/c1-12-19-15(23-25(20(19)27)16-6-4-3-5-14(16)21)10-18(26)24(12)11-13-7-8-22-17(9-13)28-2/h3-10,23H,11H2,1-2H3. The van der Waals surface area contributed by atoms with Crippen molar-refractivity contribution in [3.63, 3.8) is 0 Å². The monoisotopic (exact) mass is 396 g/mol. The Kier molecular flexibility index (Phi) is 4.52. The summed E-state index contributed by atoms with van der Waals surface area (Å²) in [6.07, 6.45) is 1.62. The Morgan fingerprint density at radius 3 is 2.71 bits per heavy atom. The molecule has 1 N–H and O–H groups in total. The van der Waals surface area contributed by atoms with Gasteiger partial charge in [0.05, 0.1) is 35.3 Å². The summed E-state index contributed by atoms with van der Waals surface area (Å²) in [5.41, 5.74) is 1.94. The third kappa shape index (κ3) is 2.99. The maximum Gasteiger partial charge on any atom is 0.280 e. The Hall–Kier alpha value is -3.32. The van der Waals surface area contributed by atoms with Gasteiger partial charge in [-0.3, -0.25) is 14.7 Å². The van der Waals surface area contributed by atoms with Crippen LogP contribution in [-0.4, -0.2) is 26.4 Å². The Balaban J connectivity index is 1.88. The van der Waals surface area contributed by atoms with Gasteiger partial charge in [0, 0.05) is 24.0 Å². The molecule has 4 aromatic rings. The number of pyridine rings is 2. The van der Waals surface area contributed by atoms with Crippen molar-refractivity contribution in [2.75, 3.05) is 7.11 Å². The van der Waals surface area contributed by atoms with E-state index in [2.05, 4.69) is 10.1 Å². The summed E-state index contributed by atoms with van der Waals surface area (Å²) < 4.78 is 8.06. The predicted molar refractivity (Wildman–Crippen MR) is 108 cm³/mol. The van der Waals surface area contributed by atoms with Gasteiger partial charge < -0.3 is 9.30 Å². The van der Waals surface area contributed by atoms with Crippen molar-refractivity contribution in [1.82, 2.24) is 19.3 Å². The molecule has 0 atom stereocenters. The number of benzene rings is 1. The second kappa shape index (κ2) is 7.01. The van der Waals surface area contributed by atoms with Gasteiger partial charge in [0.1, 0.15) is 0 Å². The lowest BCUT2D eigenvalue weighted by Gasteiger charge is -2.10. The maximum atomic E-state index is 13.0. The number of aromatic amines is 1. The van der Waals surface area contributed by atoms with Crippen molar-refractivity contribution < 1.29 is 4.74 Å². The molecule has 0 radical (unpaired) electrons. The van der Waals surface area contributed by atoms with E-state index in [1.165, 1.54) is 17.9 Å². The molecular formula is C20H17ClN4O3. The fourth-order valence-corrected chi connectivity index (χ4v) is 3.47. The highest BCUT2D eigenvalue weighted by molar-refractivity contribution is 6.32. The highest BCUT2D eigenvalue weighted by Gasteiger charge is 2.16. The largest absolute Gasteiger partial charge is 0.481 e. The van der Waals surface area contributed by atoms with E-state index in [9.17, 15) is 9.59 Å². The van der Waals surface area contributed by atoms with E-state index < -0.39 is 0 Å². The number of methoxy groups -OCH3 is 1. The van der Waals surface area contributed by atoms with Crippen LogP contribution in [0.15, 0.2) is 58.3 Å². The number of hydrogen-bond acceptors (Lipinski definition) is 4. The highest BCUT2D eigenvalue weighted by atomic mass is 35.5. The molecule has 3 aromatic heterocycles. The predicted octanol–water partition coefficient (Wildman–Crippen LogP) is 2.89. The zero-order valence-corrected chi connectivity index (χ0v) is 16.0. The molecule has 3 heterocycles. The average Bonchev–Trinajstić information content (AvgIpc) is 3.01. The maximum absolute atomic E-state index is 13.0. The fourth-order valence-electron chi connectivity index (χ4n) is 3.25. The number of fused-ring (bicyclic) bond motifs is 1. The lowest BCUT2D eigenvalue weighted by molar-refractivity contribution is 0.397. The van der Waals surface area contributed by atoms with Gasteiger partial charge in [-0.25, -0.2) is 9.67 Å². The van der Waals surface area contributed by atoms with Crippen molar-refractivity contribution in [3.05, 3.63) is 85.6 Å². The molecule has 0 aliphatic heterocycles. The van der Waals surface area contributed by atoms with Crippen molar-refractivity contribution in [2.45, 2.75) is 13.5 Å². The zero-order valence-electron chi connectivity index (χ0n) is 15.3. The summed E-state index contributed by atoms with van der Waals surface area (Å²) in [6.45, 7) is 2.06. The molecule has 0 unspecified atom stereocenters. The molecule has 142 valence electrons. The van der Waals surface area contributed by atoms with Crippen molar-refractivity contribution >= 4 is 22.5 Å². The summed E-state index contributed by atoms with van der Waals surface area (Å²) in [4.78, 5) is 29.8. The Morgan fingerprint density at radius 2 is 1.96 bits per heavy atom. The second-order valence-electron chi connectivity index (χ2n) is 6.35. The molecule has 0 amide bonds. The number of hydrogen-bond donors (Lipinski definition) is 1. The van der Waals surface area contributed by atoms with Gasteiger partial charge in [0.15, 0.2) is 0 Å². The number of halogens is 1. The molecule has 0 aliphatic carbocycles. The van der Waals surface area contributed by atoms with Crippen LogP contribution in [-0.2, 0) is 6.54 Å². The summed E-state index contributed by atoms with van der Waals surface area (Å²) in [5, 5.41) is 3.87. The fraction of sp³-hybridized carbons (Fsp3) is 0.150. The van der Waals surface area contributed by atoms with Crippen LogP contribution in [0.1, 0.15) is 11.3 Å². The molecule has 0 bridgehead atoms. The SMILES string of the molecule is COc1cc(Cn2c(C)c3c(=O)n(-c4ccccc4Cl)[nH]c3cc2=O)ccn1. The molecule has 0 spiro atoms. The minimum Gasteiger partial charge on any atom is -0.481 e. The Morgan fingerprint density at radius 1 is 1.18 bits per heavy atom. The van der Waals surface area contributed by atoms with Gasteiger partial charge in [-0.15, -0.1) is 0 Å². The van der Waals surface area contributed by atoms with E-state index in [0.717, 1.165) is 5.56 Å². The quantitative estimate of drug-likeness (QED) is 0.575. The zero-order chi connectivity index (χ0) is 19.8. The van der Waals surface area contributed by atoms with Gasteiger partial charge in [-0.2, -0.15) is 0 Å². The van der Waals surface area contributed by atoms with Crippen molar-refractivity contribution in [1.29, 1.82) is 0 Å². The van der Waals surface area contributed by atoms with E-state index in [0.29, 0.717) is 39.7 Å². The normalized spacial score (nSPS) is 11.1. The summed E-state index contributed by atoms with van der Waals surface area (Å²) in [7, 11) is 1.53. The van der Waals surface area contributed by atoms with Gasteiger partial charge in [-0.05, 0) is 30.7 Å². The molecule has 8 heteroatoms. The number of para-hydroxylation sites is 1. The first kappa shape index (κ1) is 18.1. The van der Waals surface area contributed by atoms with Gasteiger partial charge in [0.25, 0.3) is 11.1 Å². The minimum atomic E-state index is -0.262. The number of nitrogens with zero attached hydrogens (tertiary/aromatic N) is 3. The second-order valence-corrected chi connectivity index (χ2v) is 6.76. The van der Waals surface area contributed by atoms with Gasteiger partial charge in [0.2, 0.25) is 5.88 Å². The number of ether oxygens (including phenoxy) is 1. The van der Waals surface area contributed by atoms with Crippen LogP contribution < -0.4 is 15.9 Å². The molecule has 28 heavy (non-hydrogen) atoms. The summed E-state index contributed by atoms with van der Waals surface area (Å²) >= 11 is 6.23. The molecular weight excluding hydrogens is 380 g/mol. The number of nitrogens with one attached hydrogen (secondary N) is 1. The number of aryl methyl sites for hydroxylation is 1.